The van der Waals surface area contributed by atoms with Crippen molar-refractivity contribution in [3.63, 3.8) is 0 Å². The Morgan fingerprint density at radius 2 is 0.929 bits per heavy atom. The van der Waals surface area contributed by atoms with Crippen LogP contribution in [0.25, 0.3) is 24.3 Å². The molecule has 0 spiro atoms. The zero-order valence-electron chi connectivity index (χ0n) is 24.6. The van der Waals surface area contributed by atoms with Crippen LogP contribution >= 0.6 is 0 Å². The summed E-state index contributed by atoms with van der Waals surface area (Å²) in [5, 5.41) is 25.4. The van der Waals surface area contributed by atoms with Crippen molar-refractivity contribution in [2.45, 2.75) is 33.7 Å². The van der Waals surface area contributed by atoms with E-state index in [-0.39, 0.29) is 17.5 Å². The summed E-state index contributed by atoms with van der Waals surface area (Å²) < 4.78 is 0. The maximum atomic E-state index is 10.8. The Hall–Kier alpha value is -5.02. The highest BCUT2D eigenvalue weighted by atomic mass is 16.3. The molecule has 0 unspecified atom stereocenters. The van der Waals surface area contributed by atoms with Crippen LogP contribution in [0.4, 0.5) is 5.69 Å². The Morgan fingerprint density at radius 3 is 1.38 bits per heavy atom. The molecule has 0 saturated carbocycles. The number of hydrogen-bond acceptors (Lipinski definition) is 3. The standard InChI is InChI=1S/C39H37NO2/c1-26-12-8-10-14-30(26)18-20-33-28(3)37(41)24-22-35(33)39(40-32-16-6-5-7-17-32)36-23-25-38(42)29(4)34(36)21-19-31-15-11-9-13-27(31)2/h5-25,39-42H,1-4H3/b20-18+,21-19+. The summed E-state index contributed by atoms with van der Waals surface area (Å²) in [5.74, 6) is 0.506. The molecule has 0 aliphatic heterocycles. The van der Waals surface area contributed by atoms with Gasteiger partial charge in [0, 0.05) is 5.69 Å². The Morgan fingerprint density at radius 1 is 0.500 bits per heavy atom. The number of benzene rings is 5. The topological polar surface area (TPSA) is 52.5 Å². The van der Waals surface area contributed by atoms with Crippen LogP contribution in [0, 0.1) is 27.7 Å². The number of anilines is 1. The van der Waals surface area contributed by atoms with Crippen molar-refractivity contribution in [2.75, 3.05) is 5.32 Å². The summed E-state index contributed by atoms with van der Waals surface area (Å²) in [6, 6.07) is 33.9. The molecule has 0 saturated heterocycles. The van der Waals surface area contributed by atoms with Crippen molar-refractivity contribution in [3.8, 4) is 11.5 Å². The Bertz CT molecular complexity index is 1650. The van der Waals surface area contributed by atoms with Crippen molar-refractivity contribution < 1.29 is 10.2 Å². The van der Waals surface area contributed by atoms with E-state index in [9.17, 15) is 10.2 Å². The molecule has 0 amide bonds. The molecule has 5 rings (SSSR count). The van der Waals surface area contributed by atoms with Gasteiger partial charge in [0.1, 0.15) is 11.5 Å². The summed E-state index contributed by atoms with van der Waals surface area (Å²) in [6.45, 7) is 8.11. The van der Waals surface area contributed by atoms with Gasteiger partial charge in [-0.25, -0.2) is 0 Å². The Balaban J connectivity index is 1.71. The fourth-order valence-electron chi connectivity index (χ4n) is 5.34. The van der Waals surface area contributed by atoms with Crippen molar-refractivity contribution in [3.05, 3.63) is 159 Å². The van der Waals surface area contributed by atoms with Crippen LogP contribution in [-0.4, -0.2) is 10.2 Å². The summed E-state index contributed by atoms with van der Waals surface area (Å²) in [7, 11) is 0. The monoisotopic (exact) mass is 551 g/mol. The van der Waals surface area contributed by atoms with E-state index in [0.717, 1.165) is 50.2 Å². The minimum Gasteiger partial charge on any atom is -0.508 e. The summed E-state index contributed by atoms with van der Waals surface area (Å²) in [5.41, 5.74) is 11.2. The summed E-state index contributed by atoms with van der Waals surface area (Å²) in [6.07, 6.45) is 8.42. The Kier molecular flexibility index (Phi) is 8.59. The summed E-state index contributed by atoms with van der Waals surface area (Å²) in [4.78, 5) is 0. The van der Waals surface area contributed by atoms with E-state index in [1.165, 1.54) is 11.1 Å². The second-order valence-corrected chi connectivity index (χ2v) is 10.7. The molecule has 0 fully saturated rings. The lowest BCUT2D eigenvalue weighted by Gasteiger charge is -2.27. The lowest BCUT2D eigenvalue weighted by Crippen LogP contribution is -2.16. The molecule has 0 radical (unpaired) electrons. The minimum absolute atomic E-state index is 0.253. The lowest BCUT2D eigenvalue weighted by atomic mass is 9.86. The molecule has 5 aromatic carbocycles. The molecule has 3 N–H and O–H groups in total. The van der Waals surface area contributed by atoms with Crippen molar-refractivity contribution in [2.24, 2.45) is 0 Å². The third kappa shape index (κ3) is 6.16. The van der Waals surface area contributed by atoms with Gasteiger partial charge in [0.2, 0.25) is 0 Å². The first-order valence-electron chi connectivity index (χ1n) is 14.3. The second-order valence-electron chi connectivity index (χ2n) is 10.7. The SMILES string of the molecule is Cc1ccccc1/C=C/c1c(C(Nc2ccccc2)c2ccc(O)c(C)c2/C=C/c2ccccc2C)ccc(O)c1C. The van der Waals surface area contributed by atoms with E-state index in [2.05, 4.69) is 79.9 Å². The maximum absolute atomic E-state index is 10.8. The number of para-hydroxylation sites is 1. The van der Waals surface area contributed by atoms with Crippen LogP contribution in [0.5, 0.6) is 11.5 Å². The molecule has 0 bridgehead atoms. The van der Waals surface area contributed by atoms with E-state index in [0.29, 0.717) is 0 Å². The zero-order valence-corrected chi connectivity index (χ0v) is 24.6. The lowest BCUT2D eigenvalue weighted by molar-refractivity contribution is 0.470. The van der Waals surface area contributed by atoms with Gasteiger partial charge in [0.25, 0.3) is 0 Å². The van der Waals surface area contributed by atoms with Gasteiger partial charge in [-0.1, -0.05) is 103 Å². The number of phenols is 2. The van der Waals surface area contributed by atoms with Gasteiger partial charge in [-0.2, -0.15) is 0 Å². The molecule has 0 aliphatic rings. The molecule has 5 aromatic rings. The van der Waals surface area contributed by atoms with Crippen LogP contribution in [0.15, 0.2) is 103 Å². The van der Waals surface area contributed by atoms with Crippen LogP contribution in [0.3, 0.4) is 0 Å². The quantitative estimate of drug-likeness (QED) is 0.168. The normalized spacial score (nSPS) is 11.5. The van der Waals surface area contributed by atoms with Crippen molar-refractivity contribution >= 4 is 30.0 Å². The largest absolute Gasteiger partial charge is 0.508 e. The number of nitrogens with one attached hydrogen (secondary N) is 1. The van der Waals surface area contributed by atoms with E-state index in [4.69, 9.17) is 0 Å². The van der Waals surface area contributed by atoms with Gasteiger partial charge in [-0.05, 0) is 108 Å². The van der Waals surface area contributed by atoms with Crippen molar-refractivity contribution in [1.29, 1.82) is 0 Å². The number of hydrogen-bond donors (Lipinski definition) is 3. The fourth-order valence-corrected chi connectivity index (χ4v) is 5.34. The van der Waals surface area contributed by atoms with Gasteiger partial charge in [-0.3, -0.25) is 0 Å². The molecular formula is C39H37NO2. The number of aryl methyl sites for hydroxylation is 2. The first-order valence-corrected chi connectivity index (χ1v) is 14.3. The molecule has 0 atom stereocenters. The highest BCUT2D eigenvalue weighted by Crippen LogP contribution is 2.39. The fraction of sp³-hybridized carbons (Fsp3) is 0.128. The Labute approximate surface area is 249 Å². The van der Waals surface area contributed by atoms with Gasteiger partial charge in [0.15, 0.2) is 0 Å². The molecule has 3 nitrogen and oxygen atoms in total. The van der Waals surface area contributed by atoms with Gasteiger partial charge in [-0.15, -0.1) is 0 Å². The minimum atomic E-state index is -0.279. The van der Waals surface area contributed by atoms with E-state index in [1.54, 1.807) is 12.1 Å². The number of rotatable bonds is 8. The third-order valence-electron chi connectivity index (χ3n) is 7.98. The molecule has 3 heteroatoms. The van der Waals surface area contributed by atoms with Crippen LogP contribution in [0.2, 0.25) is 0 Å². The van der Waals surface area contributed by atoms with E-state index in [1.807, 2.05) is 68.4 Å². The predicted molar refractivity (Wildman–Crippen MR) is 178 cm³/mol. The van der Waals surface area contributed by atoms with Gasteiger partial charge < -0.3 is 15.5 Å². The molecule has 0 aromatic heterocycles. The highest BCUT2D eigenvalue weighted by Gasteiger charge is 2.23. The predicted octanol–water partition coefficient (Wildman–Crippen LogP) is 9.87. The first-order chi connectivity index (χ1) is 20.3. The average molecular weight is 552 g/mol. The van der Waals surface area contributed by atoms with Gasteiger partial charge >= 0.3 is 0 Å². The maximum Gasteiger partial charge on any atom is 0.119 e. The van der Waals surface area contributed by atoms with Crippen molar-refractivity contribution in [1.82, 2.24) is 0 Å². The van der Waals surface area contributed by atoms with Crippen LogP contribution < -0.4 is 5.32 Å². The molecule has 0 aliphatic carbocycles. The second kappa shape index (κ2) is 12.7. The first kappa shape index (κ1) is 28.5. The number of phenolic OH excluding ortho intramolecular Hbond substituents is 2. The summed E-state index contributed by atoms with van der Waals surface area (Å²) >= 11 is 0. The highest BCUT2D eigenvalue weighted by molar-refractivity contribution is 5.79. The van der Waals surface area contributed by atoms with E-state index < -0.39 is 0 Å². The van der Waals surface area contributed by atoms with Crippen LogP contribution in [0.1, 0.15) is 61.7 Å². The molecule has 0 heterocycles. The molecule has 42 heavy (non-hydrogen) atoms. The molecule has 210 valence electrons. The van der Waals surface area contributed by atoms with Gasteiger partial charge in [0.05, 0.1) is 6.04 Å². The molecular weight excluding hydrogens is 514 g/mol. The smallest absolute Gasteiger partial charge is 0.119 e. The third-order valence-corrected chi connectivity index (χ3v) is 7.98. The van der Waals surface area contributed by atoms with E-state index >= 15 is 0 Å². The average Bonchev–Trinajstić information content (AvgIpc) is 3.00. The number of aromatic hydroxyl groups is 2. The zero-order chi connectivity index (χ0) is 29.6. The van der Waals surface area contributed by atoms with Crippen LogP contribution in [-0.2, 0) is 0 Å².